The number of halogens is 1. The van der Waals surface area contributed by atoms with E-state index in [9.17, 15) is 4.39 Å². The highest BCUT2D eigenvalue weighted by molar-refractivity contribution is 5.27. The van der Waals surface area contributed by atoms with Crippen LogP contribution in [0.2, 0.25) is 0 Å². The Morgan fingerprint density at radius 2 is 1.85 bits per heavy atom. The standard InChI is InChI=1S/C17H25FN2/c1-14(2)12-17(19,13-20-10-4-3-5-11-20)15-6-8-16(18)9-7-15/h6-9H,1,3-5,10-13,19H2,2H3. The van der Waals surface area contributed by atoms with Crippen LogP contribution < -0.4 is 5.73 Å². The van der Waals surface area contributed by atoms with Crippen molar-refractivity contribution in [1.82, 2.24) is 4.90 Å². The Bertz CT molecular complexity index is 449. The van der Waals surface area contributed by atoms with Crippen LogP contribution in [0.1, 0.15) is 38.2 Å². The van der Waals surface area contributed by atoms with Crippen LogP contribution in [0.15, 0.2) is 36.4 Å². The van der Waals surface area contributed by atoms with Crippen molar-refractivity contribution in [3.05, 3.63) is 47.8 Å². The molecule has 1 saturated heterocycles. The minimum Gasteiger partial charge on any atom is -0.320 e. The molecule has 0 bridgehead atoms. The van der Waals surface area contributed by atoms with E-state index < -0.39 is 5.54 Å². The predicted molar refractivity (Wildman–Crippen MR) is 82.0 cm³/mol. The average molecular weight is 276 g/mol. The molecule has 1 aliphatic rings. The van der Waals surface area contributed by atoms with E-state index in [1.807, 2.05) is 19.1 Å². The summed E-state index contributed by atoms with van der Waals surface area (Å²) in [6.07, 6.45) is 4.53. The van der Waals surface area contributed by atoms with E-state index in [1.54, 1.807) is 0 Å². The lowest BCUT2D eigenvalue weighted by Crippen LogP contribution is -2.49. The molecule has 2 nitrogen and oxygen atoms in total. The van der Waals surface area contributed by atoms with Gasteiger partial charge in [0.15, 0.2) is 0 Å². The van der Waals surface area contributed by atoms with E-state index in [1.165, 1.54) is 31.4 Å². The summed E-state index contributed by atoms with van der Waals surface area (Å²) in [5.74, 6) is -0.218. The number of hydrogen-bond acceptors (Lipinski definition) is 2. The van der Waals surface area contributed by atoms with Crippen molar-refractivity contribution in [2.75, 3.05) is 19.6 Å². The summed E-state index contributed by atoms with van der Waals surface area (Å²) >= 11 is 0. The Balaban J connectivity index is 2.19. The maximum absolute atomic E-state index is 13.1. The van der Waals surface area contributed by atoms with Crippen molar-refractivity contribution in [3.8, 4) is 0 Å². The molecule has 20 heavy (non-hydrogen) atoms. The lowest BCUT2D eigenvalue weighted by Gasteiger charge is -2.38. The summed E-state index contributed by atoms with van der Waals surface area (Å²) in [5.41, 5.74) is 8.26. The molecule has 0 spiro atoms. The van der Waals surface area contributed by atoms with Gasteiger partial charge in [-0.1, -0.05) is 24.1 Å². The van der Waals surface area contributed by atoms with Gasteiger partial charge in [-0.05, 0) is 57.0 Å². The van der Waals surface area contributed by atoms with Gasteiger partial charge in [-0.2, -0.15) is 0 Å². The smallest absolute Gasteiger partial charge is 0.123 e. The van der Waals surface area contributed by atoms with Gasteiger partial charge in [-0.15, -0.1) is 6.58 Å². The molecule has 0 amide bonds. The molecule has 2 N–H and O–H groups in total. The molecule has 1 fully saturated rings. The summed E-state index contributed by atoms with van der Waals surface area (Å²) in [5, 5.41) is 0. The first kappa shape index (κ1) is 15.2. The number of benzene rings is 1. The number of rotatable bonds is 5. The molecule has 1 aliphatic heterocycles. The molecule has 2 rings (SSSR count). The quantitative estimate of drug-likeness (QED) is 0.835. The second-order valence-corrected chi connectivity index (χ2v) is 6.13. The molecule has 1 atom stereocenters. The first-order valence-electron chi connectivity index (χ1n) is 7.41. The van der Waals surface area contributed by atoms with Gasteiger partial charge in [-0.3, -0.25) is 0 Å². The van der Waals surface area contributed by atoms with E-state index in [0.717, 1.165) is 37.2 Å². The van der Waals surface area contributed by atoms with Gasteiger partial charge in [-0.25, -0.2) is 4.39 Å². The van der Waals surface area contributed by atoms with Crippen LogP contribution in [0.25, 0.3) is 0 Å². The molecule has 0 aromatic heterocycles. The fourth-order valence-electron chi connectivity index (χ4n) is 3.09. The van der Waals surface area contributed by atoms with Crippen LogP contribution in [-0.4, -0.2) is 24.5 Å². The third kappa shape index (κ3) is 3.90. The zero-order valence-electron chi connectivity index (χ0n) is 12.4. The van der Waals surface area contributed by atoms with Gasteiger partial charge in [0, 0.05) is 6.54 Å². The molecule has 1 aromatic rings. The maximum atomic E-state index is 13.1. The van der Waals surface area contributed by atoms with E-state index >= 15 is 0 Å². The Morgan fingerprint density at radius 1 is 1.25 bits per heavy atom. The van der Waals surface area contributed by atoms with Crippen LogP contribution in [0.3, 0.4) is 0 Å². The van der Waals surface area contributed by atoms with Crippen molar-refractivity contribution in [2.24, 2.45) is 5.73 Å². The fourth-order valence-corrected chi connectivity index (χ4v) is 3.09. The van der Waals surface area contributed by atoms with E-state index in [4.69, 9.17) is 5.73 Å². The minimum absolute atomic E-state index is 0.218. The zero-order chi connectivity index (χ0) is 14.6. The van der Waals surface area contributed by atoms with Gasteiger partial charge in [0.25, 0.3) is 0 Å². The van der Waals surface area contributed by atoms with Crippen molar-refractivity contribution < 1.29 is 4.39 Å². The van der Waals surface area contributed by atoms with E-state index in [2.05, 4.69) is 11.5 Å². The van der Waals surface area contributed by atoms with E-state index in [0.29, 0.717) is 0 Å². The van der Waals surface area contributed by atoms with Gasteiger partial charge < -0.3 is 10.6 Å². The normalized spacial score (nSPS) is 19.6. The summed E-state index contributed by atoms with van der Waals surface area (Å²) in [4.78, 5) is 2.43. The van der Waals surface area contributed by atoms with Crippen LogP contribution in [0, 0.1) is 5.82 Å². The van der Waals surface area contributed by atoms with Gasteiger partial charge in [0.1, 0.15) is 5.82 Å². The molecule has 1 unspecified atom stereocenters. The number of piperidine rings is 1. The van der Waals surface area contributed by atoms with Crippen molar-refractivity contribution in [2.45, 2.75) is 38.1 Å². The molecule has 110 valence electrons. The summed E-state index contributed by atoms with van der Waals surface area (Å²) in [6.45, 7) is 9.03. The molecule has 0 saturated carbocycles. The highest BCUT2D eigenvalue weighted by Crippen LogP contribution is 2.28. The Labute approximate surface area is 121 Å². The van der Waals surface area contributed by atoms with E-state index in [-0.39, 0.29) is 5.82 Å². The Hall–Kier alpha value is -1.19. The third-order valence-electron chi connectivity index (χ3n) is 3.99. The van der Waals surface area contributed by atoms with Gasteiger partial charge in [0.05, 0.1) is 5.54 Å². The zero-order valence-corrected chi connectivity index (χ0v) is 12.4. The fraction of sp³-hybridized carbons (Fsp3) is 0.529. The molecule has 3 heteroatoms. The van der Waals surface area contributed by atoms with Crippen LogP contribution >= 0.6 is 0 Å². The van der Waals surface area contributed by atoms with Crippen molar-refractivity contribution >= 4 is 0 Å². The summed E-state index contributed by atoms with van der Waals surface area (Å²) in [6, 6.07) is 6.60. The first-order valence-corrected chi connectivity index (χ1v) is 7.41. The number of hydrogen-bond donors (Lipinski definition) is 1. The highest BCUT2D eigenvalue weighted by atomic mass is 19.1. The second kappa shape index (κ2) is 6.51. The summed E-state index contributed by atoms with van der Waals surface area (Å²) in [7, 11) is 0. The topological polar surface area (TPSA) is 29.3 Å². The lowest BCUT2D eigenvalue weighted by atomic mass is 9.84. The first-order chi connectivity index (χ1) is 9.49. The average Bonchev–Trinajstić information content (AvgIpc) is 2.39. The van der Waals surface area contributed by atoms with Crippen molar-refractivity contribution in [3.63, 3.8) is 0 Å². The highest BCUT2D eigenvalue weighted by Gasteiger charge is 2.30. The SMILES string of the molecule is C=C(C)CC(N)(CN1CCCCC1)c1ccc(F)cc1. The maximum Gasteiger partial charge on any atom is 0.123 e. The second-order valence-electron chi connectivity index (χ2n) is 6.13. The minimum atomic E-state index is -0.475. The molecular formula is C17H25FN2. The van der Waals surface area contributed by atoms with Gasteiger partial charge in [0.2, 0.25) is 0 Å². The molecule has 1 aromatic carbocycles. The predicted octanol–water partition coefficient (Wildman–Crippen LogP) is 3.43. The molecule has 0 aliphatic carbocycles. The number of nitrogens with zero attached hydrogens (tertiary/aromatic N) is 1. The lowest BCUT2D eigenvalue weighted by molar-refractivity contribution is 0.176. The molecular weight excluding hydrogens is 251 g/mol. The van der Waals surface area contributed by atoms with Crippen LogP contribution in [-0.2, 0) is 5.54 Å². The molecule has 0 radical (unpaired) electrons. The number of likely N-dealkylation sites (tertiary alicyclic amines) is 1. The van der Waals surface area contributed by atoms with Crippen molar-refractivity contribution in [1.29, 1.82) is 0 Å². The summed E-state index contributed by atoms with van der Waals surface area (Å²) < 4.78 is 13.1. The van der Waals surface area contributed by atoms with Gasteiger partial charge >= 0.3 is 0 Å². The van der Waals surface area contributed by atoms with Crippen LogP contribution in [0.5, 0.6) is 0 Å². The third-order valence-corrected chi connectivity index (χ3v) is 3.99. The Kier molecular flexibility index (Phi) is 4.95. The number of nitrogens with two attached hydrogens (primary N) is 1. The largest absolute Gasteiger partial charge is 0.320 e. The van der Waals surface area contributed by atoms with Crippen LogP contribution in [0.4, 0.5) is 4.39 Å². The molecule has 1 heterocycles. The monoisotopic (exact) mass is 276 g/mol. The Morgan fingerprint density at radius 3 is 2.40 bits per heavy atom.